The summed E-state index contributed by atoms with van der Waals surface area (Å²) >= 11 is 3.33. The summed E-state index contributed by atoms with van der Waals surface area (Å²) in [6.07, 6.45) is 0. The molecule has 0 amide bonds. The number of hydrogen-bond acceptors (Lipinski definition) is 3. The molecule has 0 aromatic heterocycles. The number of aliphatic carboxylic acids is 1. The molecule has 0 radical (unpaired) electrons. The number of carboxylic acids is 1. The zero-order valence-electron chi connectivity index (χ0n) is 9.87. The van der Waals surface area contributed by atoms with Crippen molar-refractivity contribution in [3.63, 3.8) is 0 Å². The van der Waals surface area contributed by atoms with Gasteiger partial charge in [0.25, 0.3) is 0 Å². The first-order valence-electron chi connectivity index (χ1n) is 5.33. The predicted molar refractivity (Wildman–Crippen MR) is 70.3 cm³/mol. The van der Waals surface area contributed by atoms with Gasteiger partial charge in [0.2, 0.25) is 0 Å². The maximum atomic E-state index is 11.2. The van der Waals surface area contributed by atoms with Crippen molar-refractivity contribution in [3.8, 4) is 0 Å². The monoisotopic (exact) mass is 301 g/mol. The van der Waals surface area contributed by atoms with Gasteiger partial charge >= 0.3 is 5.97 Å². The summed E-state index contributed by atoms with van der Waals surface area (Å²) in [4.78, 5) is 11.2. The normalized spacial score (nSPS) is 14.1. The molecule has 1 atom stereocenters. The van der Waals surface area contributed by atoms with Gasteiger partial charge < -0.3 is 15.2 Å². The molecule has 0 bridgehead atoms. The summed E-state index contributed by atoms with van der Waals surface area (Å²) in [5, 5.41) is 12.2. The number of halogens is 1. The molecular weight excluding hydrogens is 286 g/mol. The van der Waals surface area contributed by atoms with E-state index in [2.05, 4.69) is 21.2 Å². The minimum absolute atomic E-state index is 0.120. The van der Waals surface area contributed by atoms with Crippen LogP contribution in [0.15, 0.2) is 28.7 Å². The maximum absolute atomic E-state index is 11.2. The number of anilines is 1. The van der Waals surface area contributed by atoms with Crippen LogP contribution >= 0.6 is 15.9 Å². The molecule has 0 saturated carbocycles. The second-order valence-corrected chi connectivity index (χ2v) is 4.82. The number of hydrogen-bond donors (Lipinski definition) is 2. The molecule has 94 valence electrons. The highest BCUT2D eigenvalue weighted by Crippen LogP contribution is 2.19. The third kappa shape index (κ3) is 4.02. The second-order valence-electron chi connectivity index (χ2n) is 3.91. The van der Waals surface area contributed by atoms with Crippen LogP contribution in [0, 0.1) is 0 Å². The molecule has 0 heterocycles. The van der Waals surface area contributed by atoms with E-state index in [0.29, 0.717) is 6.61 Å². The molecule has 0 spiro atoms. The van der Waals surface area contributed by atoms with Crippen LogP contribution in [0.5, 0.6) is 0 Å². The zero-order chi connectivity index (χ0) is 12.9. The minimum Gasteiger partial charge on any atom is -0.479 e. The number of carboxylic acid groups (broad SMARTS) is 1. The predicted octanol–water partition coefficient (Wildman–Crippen LogP) is 2.74. The van der Waals surface area contributed by atoms with E-state index in [1.54, 1.807) is 6.92 Å². The van der Waals surface area contributed by atoms with Crippen molar-refractivity contribution < 1.29 is 14.6 Å². The summed E-state index contributed by atoms with van der Waals surface area (Å²) in [6, 6.07) is 7.34. The molecule has 0 aliphatic carbocycles. The molecular formula is C12H16BrNO3. The molecule has 0 aliphatic heterocycles. The van der Waals surface area contributed by atoms with Crippen molar-refractivity contribution in [1.82, 2.24) is 0 Å². The highest BCUT2D eigenvalue weighted by atomic mass is 79.9. The van der Waals surface area contributed by atoms with Gasteiger partial charge in [0.1, 0.15) is 0 Å². The van der Waals surface area contributed by atoms with Crippen LogP contribution in [0.1, 0.15) is 13.8 Å². The number of ether oxygens (including phenoxy) is 1. The van der Waals surface area contributed by atoms with Gasteiger partial charge in [-0.2, -0.15) is 0 Å². The third-order valence-electron chi connectivity index (χ3n) is 2.33. The Hall–Kier alpha value is -1.07. The molecule has 0 fully saturated rings. The number of nitrogens with one attached hydrogen (secondary N) is 1. The van der Waals surface area contributed by atoms with Crippen molar-refractivity contribution in [3.05, 3.63) is 28.7 Å². The molecule has 1 rings (SSSR count). The van der Waals surface area contributed by atoms with Crippen LogP contribution in [-0.4, -0.2) is 29.8 Å². The molecule has 2 N–H and O–H groups in total. The fourth-order valence-corrected chi connectivity index (χ4v) is 1.57. The lowest BCUT2D eigenvalue weighted by Gasteiger charge is -2.27. The smallest absolute Gasteiger partial charge is 0.331 e. The fraction of sp³-hybridized carbons (Fsp3) is 0.417. The molecule has 5 heteroatoms. The fourth-order valence-electron chi connectivity index (χ4n) is 1.31. The summed E-state index contributed by atoms with van der Waals surface area (Å²) in [5.74, 6) is -0.936. The van der Waals surface area contributed by atoms with Gasteiger partial charge in [-0.05, 0) is 38.1 Å². The van der Waals surface area contributed by atoms with E-state index in [0.717, 1.165) is 10.2 Å². The standard InChI is InChI=1S/C12H16BrNO3/c1-3-17-8-12(2,11(15)16)14-10-6-4-9(13)5-7-10/h4-7,14H,3,8H2,1-2H3,(H,15,16). The first kappa shape index (κ1) is 14.0. The van der Waals surface area contributed by atoms with Crippen LogP contribution < -0.4 is 5.32 Å². The van der Waals surface area contributed by atoms with E-state index in [1.807, 2.05) is 31.2 Å². The molecule has 4 nitrogen and oxygen atoms in total. The van der Waals surface area contributed by atoms with Crippen molar-refractivity contribution in [2.45, 2.75) is 19.4 Å². The summed E-state index contributed by atoms with van der Waals surface area (Å²) in [6.45, 7) is 4.05. The number of carbonyl (C=O) groups is 1. The van der Waals surface area contributed by atoms with E-state index in [9.17, 15) is 9.90 Å². The van der Waals surface area contributed by atoms with E-state index < -0.39 is 11.5 Å². The second kappa shape index (κ2) is 6.02. The molecule has 17 heavy (non-hydrogen) atoms. The summed E-state index contributed by atoms with van der Waals surface area (Å²) in [5.41, 5.74) is -0.373. The quantitative estimate of drug-likeness (QED) is 0.848. The van der Waals surface area contributed by atoms with Gasteiger partial charge in [0.05, 0.1) is 6.61 Å². The summed E-state index contributed by atoms with van der Waals surface area (Å²) < 4.78 is 6.15. The van der Waals surface area contributed by atoms with Crippen LogP contribution in [0.4, 0.5) is 5.69 Å². The van der Waals surface area contributed by atoms with E-state index in [4.69, 9.17) is 4.74 Å². The Morgan fingerprint density at radius 3 is 2.53 bits per heavy atom. The summed E-state index contributed by atoms with van der Waals surface area (Å²) in [7, 11) is 0. The molecule has 0 aliphatic rings. The van der Waals surface area contributed by atoms with Gasteiger partial charge in [-0.1, -0.05) is 15.9 Å². The topological polar surface area (TPSA) is 58.6 Å². The molecule has 1 aromatic rings. The van der Waals surface area contributed by atoms with Crippen LogP contribution in [-0.2, 0) is 9.53 Å². The Bertz CT molecular complexity index is 380. The first-order chi connectivity index (χ1) is 7.98. The van der Waals surface area contributed by atoms with Gasteiger partial charge in [0.15, 0.2) is 5.54 Å². The first-order valence-corrected chi connectivity index (χ1v) is 6.12. The third-order valence-corrected chi connectivity index (χ3v) is 2.86. The SMILES string of the molecule is CCOCC(C)(Nc1ccc(Br)cc1)C(=O)O. The lowest BCUT2D eigenvalue weighted by molar-refractivity contribution is -0.143. The lowest BCUT2D eigenvalue weighted by Crippen LogP contribution is -2.47. The Labute approximate surface area is 109 Å². The van der Waals surface area contributed by atoms with E-state index in [1.165, 1.54) is 0 Å². The molecule has 1 unspecified atom stereocenters. The maximum Gasteiger partial charge on any atom is 0.331 e. The van der Waals surface area contributed by atoms with Gasteiger partial charge in [0, 0.05) is 16.8 Å². The highest BCUT2D eigenvalue weighted by molar-refractivity contribution is 9.10. The van der Waals surface area contributed by atoms with Gasteiger partial charge in [-0.25, -0.2) is 4.79 Å². The Balaban J connectivity index is 2.79. The lowest BCUT2D eigenvalue weighted by atomic mass is 10.0. The van der Waals surface area contributed by atoms with Crippen LogP contribution in [0.2, 0.25) is 0 Å². The zero-order valence-corrected chi connectivity index (χ0v) is 11.5. The average molecular weight is 302 g/mol. The highest BCUT2D eigenvalue weighted by Gasteiger charge is 2.33. The van der Waals surface area contributed by atoms with Gasteiger partial charge in [-0.3, -0.25) is 0 Å². The van der Waals surface area contributed by atoms with Crippen molar-refractivity contribution in [1.29, 1.82) is 0 Å². The van der Waals surface area contributed by atoms with Crippen molar-refractivity contribution >= 4 is 27.6 Å². The Kier molecular flexibility index (Phi) is 4.96. The van der Waals surface area contributed by atoms with Crippen LogP contribution in [0.3, 0.4) is 0 Å². The van der Waals surface area contributed by atoms with E-state index >= 15 is 0 Å². The Morgan fingerprint density at radius 2 is 2.06 bits per heavy atom. The average Bonchev–Trinajstić information content (AvgIpc) is 2.29. The largest absolute Gasteiger partial charge is 0.479 e. The van der Waals surface area contributed by atoms with Crippen molar-refractivity contribution in [2.75, 3.05) is 18.5 Å². The number of benzene rings is 1. The minimum atomic E-state index is -1.12. The molecule has 0 saturated heterocycles. The van der Waals surface area contributed by atoms with Gasteiger partial charge in [-0.15, -0.1) is 0 Å². The van der Waals surface area contributed by atoms with Crippen molar-refractivity contribution in [2.24, 2.45) is 0 Å². The number of rotatable bonds is 6. The van der Waals surface area contributed by atoms with Crippen LogP contribution in [0.25, 0.3) is 0 Å². The Morgan fingerprint density at radius 1 is 1.47 bits per heavy atom. The van der Waals surface area contributed by atoms with E-state index in [-0.39, 0.29) is 6.61 Å². The molecule has 1 aromatic carbocycles.